The van der Waals surface area contributed by atoms with Gasteiger partial charge < -0.3 is 20.4 Å². The molecule has 0 radical (unpaired) electrons. The van der Waals surface area contributed by atoms with Gasteiger partial charge in [0.05, 0.1) is 46.9 Å². The first kappa shape index (κ1) is 49.1. The molecule has 1 aliphatic carbocycles. The average Bonchev–Trinajstić information content (AvgIpc) is 3.87. The van der Waals surface area contributed by atoms with Crippen LogP contribution in [-0.2, 0) is 9.59 Å². The van der Waals surface area contributed by atoms with Gasteiger partial charge in [-0.2, -0.15) is 0 Å². The number of hydrogen-bond donors (Lipinski definition) is 4. The molecule has 0 saturated carbocycles. The van der Waals surface area contributed by atoms with E-state index >= 15 is 0 Å². The van der Waals surface area contributed by atoms with E-state index in [-0.39, 0.29) is 48.8 Å². The minimum absolute atomic E-state index is 0.0852. The second-order valence-corrected chi connectivity index (χ2v) is 20.5. The third-order valence-corrected chi connectivity index (χ3v) is 14.3. The molecule has 2 amide bonds. The van der Waals surface area contributed by atoms with E-state index in [0.29, 0.717) is 0 Å². The molecule has 10 nitrogen and oxygen atoms in total. The quantitative estimate of drug-likeness (QED) is 0.0970. The molecule has 0 spiro atoms. The van der Waals surface area contributed by atoms with Crippen molar-refractivity contribution in [2.75, 3.05) is 45.8 Å². The van der Waals surface area contributed by atoms with Gasteiger partial charge in [-0.05, 0) is 105 Å². The Morgan fingerprint density at radius 1 is 1.06 bits per heavy atom. The van der Waals surface area contributed by atoms with Crippen molar-refractivity contribution in [3.8, 4) is 34.1 Å². The number of rotatable bonds is 14. The maximum absolute atomic E-state index is 14.2. The standard InChI is InChI=1S/C52H67ClN6O4S/c1-9-13-45(37(4)60)58-28-26-57(27-29-58)32-41-31-52(8,24-22-44(41)39-18-20-42(53)21-19-39)23-11-10-12-25-54-48(51(5,6)7)50(63)59-33-43(61)30-46(59)49(62)56-35(2)38-14-16-40(17-15-38)47-36(3)55-34-64-47/h9,14-21,34-35,37,43,45-46,48,54,60-61H,1,13,22,24-33H2,2-8H3,(H,56,62)/t35-,37?,43?,45+,46?,48+,52?/m0/s1. The summed E-state index contributed by atoms with van der Waals surface area (Å²) in [6.07, 6.45) is 4.27. The largest absolute Gasteiger partial charge is 0.392 e. The van der Waals surface area contributed by atoms with Crippen LogP contribution in [0.2, 0.25) is 5.02 Å². The van der Waals surface area contributed by atoms with Crippen molar-refractivity contribution in [1.82, 2.24) is 30.3 Å². The molecule has 1 aromatic heterocycles. The lowest BCUT2D eigenvalue weighted by atomic mass is 9.72. The number of nitrogens with zero attached hydrogens (tertiary/aromatic N) is 4. The smallest absolute Gasteiger partial charge is 0.243 e. The predicted molar refractivity (Wildman–Crippen MR) is 260 cm³/mol. The Bertz CT molecular complexity index is 2250. The zero-order valence-corrected chi connectivity index (χ0v) is 40.3. The van der Waals surface area contributed by atoms with E-state index in [1.165, 1.54) is 21.6 Å². The number of aliphatic hydroxyl groups is 2. The van der Waals surface area contributed by atoms with Crippen molar-refractivity contribution in [2.24, 2.45) is 10.8 Å². The lowest BCUT2D eigenvalue weighted by Crippen LogP contribution is -2.56. The van der Waals surface area contributed by atoms with Gasteiger partial charge in [-0.1, -0.05) is 92.3 Å². The van der Waals surface area contributed by atoms with Crippen molar-refractivity contribution in [2.45, 2.75) is 117 Å². The van der Waals surface area contributed by atoms with E-state index < -0.39 is 29.7 Å². The Morgan fingerprint density at radius 2 is 1.75 bits per heavy atom. The van der Waals surface area contributed by atoms with Gasteiger partial charge in [0.25, 0.3) is 0 Å². The van der Waals surface area contributed by atoms with Crippen LogP contribution in [0.15, 0.2) is 72.3 Å². The number of allylic oxidation sites excluding steroid dienone is 1. The van der Waals surface area contributed by atoms with Crippen LogP contribution < -0.4 is 10.6 Å². The van der Waals surface area contributed by atoms with E-state index in [4.69, 9.17) is 11.6 Å². The normalized spacial score (nSPS) is 22.7. The third-order valence-electron chi connectivity index (χ3n) is 13.1. The van der Waals surface area contributed by atoms with E-state index in [2.05, 4.69) is 74.7 Å². The van der Waals surface area contributed by atoms with Crippen LogP contribution in [0, 0.1) is 41.4 Å². The van der Waals surface area contributed by atoms with Crippen LogP contribution in [0.3, 0.4) is 0 Å². The summed E-state index contributed by atoms with van der Waals surface area (Å²) in [6.45, 7) is 22.7. The van der Waals surface area contributed by atoms with Gasteiger partial charge in [0.15, 0.2) is 0 Å². The second kappa shape index (κ2) is 21.8. The van der Waals surface area contributed by atoms with Crippen molar-refractivity contribution in [1.29, 1.82) is 0 Å². The molecule has 12 heteroatoms. The van der Waals surface area contributed by atoms with Crippen LogP contribution in [0.4, 0.5) is 0 Å². The van der Waals surface area contributed by atoms with Crippen molar-refractivity contribution in [3.05, 3.63) is 94.1 Å². The lowest BCUT2D eigenvalue weighted by molar-refractivity contribution is -0.142. The molecule has 2 aliphatic heterocycles. The summed E-state index contributed by atoms with van der Waals surface area (Å²) in [4.78, 5) is 39.9. The summed E-state index contributed by atoms with van der Waals surface area (Å²) in [5, 5.41) is 28.3. The highest BCUT2D eigenvalue weighted by atomic mass is 35.5. The molecule has 2 saturated heterocycles. The minimum atomic E-state index is -0.799. The number of amides is 2. The van der Waals surface area contributed by atoms with E-state index in [9.17, 15) is 19.8 Å². The zero-order chi connectivity index (χ0) is 46.2. The van der Waals surface area contributed by atoms with E-state index in [1.54, 1.807) is 11.3 Å². The fraction of sp³-hybridized carbons (Fsp3) is 0.519. The van der Waals surface area contributed by atoms with Gasteiger partial charge >= 0.3 is 0 Å². The number of carbonyl (C=O) groups excluding carboxylic acids is 2. The first-order valence-electron chi connectivity index (χ1n) is 22.7. The van der Waals surface area contributed by atoms with Gasteiger partial charge in [0, 0.05) is 62.2 Å². The SMILES string of the molecule is C=CC[C@H](C(C)O)N1CCN(CC2=C(c3ccc(Cl)cc3)CCC(C)(C#CC#CCN[C@H](C(=O)N3CC(O)CC3C(=O)N[C@@H](C)c3ccc(-c4scnc4C)cc3)C(C)(C)C)C2)CC1. The van der Waals surface area contributed by atoms with Crippen molar-refractivity contribution >= 4 is 40.3 Å². The highest BCUT2D eigenvalue weighted by Gasteiger charge is 2.44. The summed E-state index contributed by atoms with van der Waals surface area (Å²) in [7, 11) is 0. The third kappa shape index (κ3) is 12.5. The number of aromatic nitrogens is 1. The molecule has 64 heavy (non-hydrogen) atoms. The molecule has 3 aliphatic rings. The molecular weight excluding hydrogens is 840 g/mol. The highest BCUT2D eigenvalue weighted by Crippen LogP contribution is 2.43. The van der Waals surface area contributed by atoms with Crippen LogP contribution in [0.5, 0.6) is 0 Å². The molecule has 2 fully saturated rings. The van der Waals surface area contributed by atoms with Gasteiger partial charge in [-0.3, -0.25) is 24.7 Å². The monoisotopic (exact) mass is 906 g/mol. The Morgan fingerprint density at radius 3 is 2.38 bits per heavy atom. The predicted octanol–water partition coefficient (Wildman–Crippen LogP) is 7.51. The van der Waals surface area contributed by atoms with Gasteiger partial charge in [0.2, 0.25) is 11.8 Å². The molecule has 4 unspecified atom stereocenters. The molecule has 6 rings (SSSR count). The number of thiazole rings is 1. The first-order valence-corrected chi connectivity index (χ1v) is 24.0. The topological polar surface area (TPSA) is 121 Å². The zero-order valence-electron chi connectivity index (χ0n) is 38.7. The Labute approximate surface area is 390 Å². The molecule has 2 aromatic carbocycles. The maximum Gasteiger partial charge on any atom is 0.243 e. The summed E-state index contributed by atoms with van der Waals surface area (Å²) >= 11 is 7.89. The van der Waals surface area contributed by atoms with Gasteiger partial charge in [-0.15, -0.1) is 17.9 Å². The number of likely N-dealkylation sites (tertiary alicyclic amines) is 1. The lowest BCUT2D eigenvalue weighted by Gasteiger charge is -2.41. The molecule has 3 aromatic rings. The molecule has 3 heterocycles. The Hall–Kier alpha value is -4.30. The van der Waals surface area contributed by atoms with Gasteiger partial charge in [0.1, 0.15) is 6.04 Å². The van der Waals surface area contributed by atoms with Crippen LogP contribution in [0.1, 0.15) is 96.5 Å². The number of piperazine rings is 1. The maximum atomic E-state index is 14.2. The minimum Gasteiger partial charge on any atom is -0.392 e. The number of aryl methyl sites for hydroxylation is 1. The van der Waals surface area contributed by atoms with Crippen molar-refractivity contribution in [3.63, 3.8) is 0 Å². The van der Waals surface area contributed by atoms with E-state index in [0.717, 1.165) is 85.1 Å². The number of aliphatic hydroxyl groups excluding tert-OH is 2. The fourth-order valence-electron chi connectivity index (χ4n) is 9.40. The number of carbonyl (C=O) groups is 2. The Kier molecular flexibility index (Phi) is 16.7. The summed E-state index contributed by atoms with van der Waals surface area (Å²) in [6, 6.07) is 14.6. The summed E-state index contributed by atoms with van der Waals surface area (Å²) in [5.41, 5.74) is 8.06. The van der Waals surface area contributed by atoms with Crippen molar-refractivity contribution < 1.29 is 19.8 Å². The number of nitrogens with one attached hydrogen (secondary N) is 2. The molecule has 0 bridgehead atoms. The second-order valence-electron chi connectivity index (χ2n) is 19.2. The summed E-state index contributed by atoms with van der Waals surface area (Å²) in [5.74, 6) is 12.4. The molecule has 342 valence electrons. The molecular formula is C52H67ClN6O4S. The van der Waals surface area contributed by atoms with E-state index in [1.807, 2.05) is 89.5 Å². The number of β-amino-alcohol motifs (C(OH)–C–C–N with tert-alkyl or cyclic N) is 1. The van der Waals surface area contributed by atoms with Crippen LogP contribution in [0.25, 0.3) is 16.0 Å². The summed E-state index contributed by atoms with van der Waals surface area (Å²) < 4.78 is 0. The average molecular weight is 908 g/mol. The van der Waals surface area contributed by atoms with Crippen LogP contribution in [-0.4, -0.2) is 118 Å². The first-order chi connectivity index (χ1) is 30.5. The Balaban J connectivity index is 1.08. The number of benzene rings is 2. The number of hydrogen-bond acceptors (Lipinski definition) is 9. The van der Waals surface area contributed by atoms with Gasteiger partial charge in [-0.25, -0.2) is 4.98 Å². The highest BCUT2D eigenvalue weighted by molar-refractivity contribution is 7.13. The fourth-order valence-corrected chi connectivity index (χ4v) is 10.3. The van der Waals surface area contributed by atoms with Crippen LogP contribution >= 0.6 is 22.9 Å². The molecule has 7 atom stereocenters. The molecule has 4 N–H and O–H groups in total. The number of halogens is 1.